The van der Waals surface area contributed by atoms with Gasteiger partial charge in [-0.1, -0.05) is 25.1 Å². The van der Waals surface area contributed by atoms with Gasteiger partial charge in [0.2, 0.25) is 0 Å². The SMILES string of the molecule is CCc1nc(CNC(=NC)NCC2(c3ccccc3F)CC2)cs1. The van der Waals surface area contributed by atoms with Gasteiger partial charge in [0.15, 0.2) is 5.96 Å². The molecule has 0 aliphatic heterocycles. The molecule has 1 aliphatic rings. The lowest BCUT2D eigenvalue weighted by Gasteiger charge is -2.19. The Morgan fingerprint density at radius 1 is 1.33 bits per heavy atom. The number of benzene rings is 1. The molecule has 2 aromatic rings. The third-order valence-corrected chi connectivity index (χ3v) is 5.50. The molecule has 0 radical (unpaired) electrons. The summed E-state index contributed by atoms with van der Waals surface area (Å²) >= 11 is 1.68. The maximum atomic E-state index is 14.1. The van der Waals surface area contributed by atoms with Crippen molar-refractivity contribution >= 4 is 17.3 Å². The van der Waals surface area contributed by atoms with Crippen LogP contribution in [0.5, 0.6) is 0 Å². The van der Waals surface area contributed by atoms with Crippen LogP contribution < -0.4 is 10.6 Å². The van der Waals surface area contributed by atoms with Crippen LogP contribution in [0.25, 0.3) is 0 Å². The van der Waals surface area contributed by atoms with Gasteiger partial charge in [-0.05, 0) is 30.9 Å². The van der Waals surface area contributed by atoms with E-state index in [0.717, 1.165) is 41.5 Å². The van der Waals surface area contributed by atoms with E-state index >= 15 is 0 Å². The molecule has 1 aromatic carbocycles. The standard InChI is InChI=1S/C18H23FN4S/c1-3-16-23-13(11-24-16)10-21-17(20-2)22-12-18(8-9-18)14-6-4-5-7-15(14)19/h4-7,11H,3,8-10,12H2,1-2H3,(H2,20,21,22). The Hall–Kier alpha value is -1.95. The highest BCUT2D eigenvalue weighted by Crippen LogP contribution is 2.48. The summed E-state index contributed by atoms with van der Waals surface area (Å²) in [4.78, 5) is 8.79. The molecule has 0 bridgehead atoms. The number of rotatable bonds is 6. The molecule has 1 saturated carbocycles. The van der Waals surface area contributed by atoms with Gasteiger partial charge in [-0.15, -0.1) is 11.3 Å². The Morgan fingerprint density at radius 3 is 2.75 bits per heavy atom. The van der Waals surface area contributed by atoms with Crippen LogP contribution in [-0.2, 0) is 18.4 Å². The molecule has 3 rings (SSSR count). The van der Waals surface area contributed by atoms with Gasteiger partial charge in [-0.2, -0.15) is 0 Å². The van der Waals surface area contributed by atoms with E-state index in [1.54, 1.807) is 24.5 Å². The average molecular weight is 346 g/mol. The number of nitrogens with one attached hydrogen (secondary N) is 2. The maximum Gasteiger partial charge on any atom is 0.191 e. The number of thiazole rings is 1. The molecule has 0 spiro atoms. The molecule has 1 heterocycles. The zero-order valence-corrected chi connectivity index (χ0v) is 14.9. The molecule has 0 saturated heterocycles. The summed E-state index contributed by atoms with van der Waals surface area (Å²) in [6, 6.07) is 7.07. The number of aromatic nitrogens is 1. The van der Waals surface area contributed by atoms with Crippen molar-refractivity contribution in [2.45, 2.75) is 38.1 Å². The molecule has 24 heavy (non-hydrogen) atoms. The van der Waals surface area contributed by atoms with Gasteiger partial charge in [-0.25, -0.2) is 9.37 Å². The number of nitrogens with zero attached hydrogens (tertiary/aromatic N) is 2. The molecular formula is C18H23FN4S. The molecule has 1 fully saturated rings. The van der Waals surface area contributed by atoms with Crippen LogP contribution in [0.15, 0.2) is 34.6 Å². The second-order valence-electron chi connectivity index (χ2n) is 6.13. The van der Waals surface area contributed by atoms with Crippen LogP contribution in [0, 0.1) is 5.82 Å². The van der Waals surface area contributed by atoms with Gasteiger partial charge in [0, 0.05) is 24.4 Å². The number of guanidine groups is 1. The van der Waals surface area contributed by atoms with Crippen molar-refractivity contribution in [3.05, 3.63) is 51.7 Å². The Balaban J connectivity index is 1.56. The fourth-order valence-corrected chi connectivity index (χ4v) is 3.57. The van der Waals surface area contributed by atoms with E-state index in [0.29, 0.717) is 13.1 Å². The minimum atomic E-state index is -0.116. The van der Waals surface area contributed by atoms with Gasteiger partial charge >= 0.3 is 0 Å². The molecular weight excluding hydrogens is 323 g/mol. The fraction of sp³-hybridized carbons (Fsp3) is 0.444. The lowest BCUT2D eigenvalue weighted by molar-refractivity contribution is 0.559. The predicted molar refractivity (Wildman–Crippen MR) is 97.0 cm³/mol. The average Bonchev–Trinajstić information content (AvgIpc) is 3.24. The van der Waals surface area contributed by atoms with E-state index in [1.165, 1.54) is 6.07 Å². The van der Waals surface area contributed by atoms with Crippen LogP contribution in [0.4, 0.5) is 4.39 Å². The second kappa shape index (κ2) is 7.30. The molecule has 4 nitrogen and oxygen atoms in total. The lowest BCUT2D eigenvalue weighted by Crippen LogP contribution is -2.41. The number of aliphatic imine (C=N–C) groups is 1. The van der Waals surface area contributed by atoms with Gasteiger partial charge in [0.1, 0.15) is 5.82 Å². The van der Waals surface area contributed by atoms with Crippen LogP contribution in [-0.4, -0.2) is 24.5 Å². The second-order valence-corrected chi connectivity index (χ2v) is 7.07. The molecule has 2 N–H and O–H groups in total. The molecule has 0 amide bonds. The lowest BCUT2D eigenvalue weighted by atomic mass is 9.95. The molecule has 6 heteroatoms. The van der Waals surface area contributed by atoms with Crippen LogP contribution >= 0.6 is 11.3 Å². The van der Waals surface area contributed by atoms with E-state index in [-0.39, 0.29) is 11.2 Å². The topological polar surface area (TPSA) is 49.3 Å². The van der Waals surface area contributed by atoms with Gasteiger partial charge in [0.25, 0.3) is 0 Å². The van der Waals surface area contributed by atoms with Crippen molar-refractivity contribution in [3.8, 4) is 0 Å². The van der Waals surface area contributed by atoms with Crippen LogP contribution in [0.2, 0.25) is 0 Å². The highest BCUT2D eigenvalue weighted by Gasteiger charge is 2.45. The summed E-state index contributed by atoms with van der Waals surface area (Å²) in [6.07, 6.45) is 2.97. The largest absolute Gasteiger partial charge is 0.356 e. The van der Waals surface area contributed by atoms with Gasteiger partial charge in [0.05, 0.1) is 17.2 Å². The third kappa shape index (κ3) is 3.75. The fourth-order valence-electron chi connectivity index (χ4n) is 2.82. The molecule has 0 unspecified atom stereocenters. The van der Waals surface area contributed by atoms with Gasteiger partial charge < -0.3 is 10.6 Å². The minimum Gasteiger partial charge on any atom is -0.356 e. The normalized spacial score (nSPS) is 16.0. The maximum absolute atomic E-state index is 14.1. The van der Waals surface area contributed by atoms with Crippen LogP contribution in [0.3, 0.4) is 0 Å². The van der Waals surface area contributed by atoms with E-state index < -0.39 is 0 Å². The van der Waals surface area contributed by atoms with Crippen molar-refractivity contribution in [2.75, 3.05) is 13.6 Å². The molecule has 1 aromatic heterocycles. The first-order chi connectivity index (χ1) is 11.7. The van der Waals surface area contributed by atoms with E-state index in [9.17, 15) is 4.39 Å². The zero-order valence-electron chi connectivity index (χ0n) is 14.1. The van der Waals surface area contributed by atoms with Gasteiger partial charge in [-0.3, -0.25) is 4.99 Å². The Morgan fingerprint density at radius 2 is 2.12 bits per heavy atom. The molecule has 1 aliphatic carbocycles. The number of aryl methyl sites for hydroxylation is 1. The number of halogens is 1. The van der Waals surface area contributed by atoms with Crippen molar-refractivity contribution < 1.29 is 4.39 Å². The minimum absolute atomic E-state index is 0.0982. The quantitative estimate of drug-likeness (QED) is 0.624. The highest BCUT2D eigenvalue weighted by atomic mass is 32.1. The third-order valence-electron chi connectivity index (χ3n) is 4.46. The summed E-state index contributed by atoms with van der Waals surface area (Å²) in [5.74, 6) is 0.609. The van der Waals surface area contributed by atoms with Crippen molar-refractivity contribution in [1.29, 1.82) is 0 Å². The molecule has 0 atom stereocenters. The van der Waals surface area contributed by atoms with Crippen molar-refractivity contribution in [3.63, 3.8) is 0 Å². The number of hydrogen-bond donors (Lipinski definition) is 2. The van der Waals surface area contributed by atoms with E-state index in [1.807, 2.05) is 12.1 Å². The summed E-state index contributed by atoms with van der Waals surface area (Å²) in [6.45, 7) is 3.43. The number of hydrogen-bond acceptors (Lipinski definition) is 3. The highest BCUT2D eigenvalue weighted by molar-refractivity contribution is 7.09. The first-order valence-corrected chi connectivity index (χ1v) is 9.17. The monoisotopic (exact) mass is 346 g/mol. The van der Waals surface area contributed by atoms with E-state index in [4.69, 9.17) is 0 Å². The summed E-state index contributed by atoms with van der Waals surface area (Å²) in [5, 5.41) is 9.83. The Bertz CT molecular complexity index is 721. The van der Waals surface area contributed by atoms with Crippen molar-refractivity contribution in [1.82, 2.24) is 15.6 Å². The first kappa shape index (κ1) is 16.9. The summed E-state index contributed by atoms with van der Waals surface area (Å²) < 4.78 is 14.1. The smallest absolute Gasteiger partial charge is 0.191 e. The Labute approximate surface area is 146 Å². The summed E-state index contributed by atoms with van der Waals surface area (Å²) in [7, 11) is 1.75. The van der Waals surface area contributed by atoms with E-state index in [2.05, 4.69) is 32.9 Å². The molecule has 128 valence electrons. The summed E-state index contributed by atoms with van der Waals surface area (Å²) in [5.41, 5.74) is 1.73. The zero-order chi connectivity index (χ0) is 17.0. The Kier molecular flexibility index (Phi) is 5.14. The van der Waals surface area contributed by atoms with Crippen LogP contribution in [0.1, 0.15) is 36.0 Å². The predicted octanol–water partition coefficient (Wildman–Crippen LogP) is 3.24. The van der Waals surface area contributed by atoms with Crippen molar-refractivity contribution in [2.24, 2.45) is 4.99 Å². The first-order valence-electron chi connectivity index (χ1n) is 8.29.